The zero-order chi connectivity index (χ0) is 21.5. The second-order valence-electron chi connectivity index (χ2n) is 1.70. The van der Waals surface area contributed by atoms with Gasteiger partial charge >= 0.3 is 84.6 Å². The second kappa shape index (κ2) is 38.3. The molecule has 0 heterocycles. The molecule has 0 aromatic heterocycles. The van der Waals surface area contributed by atoms with Gasteiger partial charge in [-0.1, -0.05) is 0 Å². The van der Waals surface area contributed by atoms with Crippen molar-refractivity contribution in [1.29, 1.82) is 0 Å². The van der Waals surface area contributed by atoms with Crippen molar-refractivity contribution in [3.05, 3.63) is 0 Å². The molecule has 0 aliphatic heterocycles. The van der Waals surface area contributed by atoms with Crippen molar-refractivity contribution in [2.24, 2.45) is 0 Å². The van der Waals surface area contributed by atoms with E-state index in [-0.39, 0.29) is 31.0 Å². The van der Waals surface area contributed by atoms with E-state index in [9.17, 15) is 0 Å². The Balaban J connectivity index is -0.0000000245. The van der Waals surface area contributed by atoms with Gasteiger partial charge in [-0.3, -0.25) is 26.8 Å². The molecule has 0 aromatic carbocycles. The maximum absolute atomic E-state index is 8.74. The number of rotatable bonds is 0. The molecule has 0 saturated heterocycles. The zero-order valence-corrected chi connectivity index (χ0v) is 19.8. The summed E-state index contributed by atoms with van der Waals surface area (Å²) in [6.07, 6.45) is 0. The monoisotopic (exact) mass is 492 g/mol. The van der Waals surface area contributed by atoms with E-state index in [4.69, 9.17) is 84.3 Å². The van der Waals surface area contributed by atoms with Gasteiger partial charge in [-0.2, -0.15) is 0 Å². The Kier molecular flexibility index (Phi) is 67.1. The van der Waals surface area contributed by atoms with Gasteiger partial charge in [0.2, 0.25) is 0 Å². The summed E-state index contributed by atoms with van der Waals surface area (Å²) in [5, 5.41) is 0. The van der Waals surface area contributed by atoms with Gasteiger partial charge in [0, 0.05) is 0 Å². The predicted octanol–water partition coefficient (Wildman–Crippen LogP) is -12.6. The number of hydrogen-bond acceptors (Lipinski definition) is 6. The molecule has 0 radical (unpaired) electrons. The van der Waals surface area contributed by atoms with Gasteiger partial charge in [-0.05, 0) is 0 Å². The summed E-state index contributed by atoms with van der Waals surface area (Å²) in [6, 6.07) is 0. The van der Waals surface area contributed by atoms with Crippen LogP contribution in [0.15, 0.2) is 0 Å². The maximum atomic E-state index is 8.74. The van der Waals surface area contributed by atoms with E-state index in [2.05, 4.69) is 0 Å². The Labute approximate surface area is 170 Å². The fourth-order valence-electron chi connectivity index (χ4n) is 0. The molecule has 25 heteroatoms. The quantitative estimate of drug-likeness (QED) is 0.139. The van der Waals surface area contributed by atoms with Gasteiger partial charge in [0.25, 0.3) is 0 Å². The average Bonchev–Trinajstić information content (AvgIpc) is 2.08. The minimum absolute atomic E-state index is 0. The molecule has 25 heavy (non-hydrogen) atoms. The Hall–Kier alpha value is -1.30. The normalized spacial score (nSPS) is 5.76. The van der Waals surface area contributed by atoms with Crippen LogP contribution in [-0.2, 0) is 26.8 Å². The summed E-state index contributed by atoms with van der Waals surface area (Å²) in [4.78, 5) is 85.9. The molecule has 0 aromatic rings. The summed E-state index contributed by atoms with van der Waals surface area (Å²) < 4.78 is 52.4. The van der Waals surface area contributed by atoms with E-state index in [1.165, 1.54) is 0 Å². The Morgan fingerprint density at radius 3 is 0.320 bits per heavy atom. The van der Waals surface area contributed by atoms with Crippen LogP contribution < -0.4 is 29.6 Å². The summed E-state index contributed by atoms with van der Waals surface area (Å²) >= 11 is 0. The molecule has 12 N–H and O–H groups in total. The Bertz CT molecular complexity index is 263. The van der Waals surface area contributed by atoms with Crippen LogP contribution in [0.4, 0.5) is 0 Å². The molecule has 0 atom stereocenters. The predicted molar refractivity (Wildman–Crippen MR) is 66.4 cm³/mol. The fourth-order valence-corrected chi connectivity index (χ4v) is 0. The van der Waals surface area contributed by atoms with Crippen molar-refractivity contribution in [3.63, 3.8) is 0 Å². The largest absolute Gasteiger partial charge is 1.00 e. The molecule has 18 nitrogen and oxygen atoms in total. The molecule has 0 spiro atoms. The van der Waals surface area contributed by atoms with Crippen LogP contribution in [-0.4, -0.2) is 113 Å². The average molecular weight is 493 g/mol. The summed E-state index contributed by atoms with van der Waals surface area (Å²) in [5.74, 6) is 0. The van der Waals surface area contributed by atoms with Gasteiger partial charge in [-0.25, -0.2) is 0 Å². The Morgan fingerprint density at radius 2 is 0.320 bits per heavy atom. The molecule has 0 bridgehead atoms. The molecule has 0 saturated carbocycles. The van der Waals surface area contributed by atoms with Gasteiger partial charge in [0.05, 0.1) is 0 Å². The van der Waals surface area contributed by atoms with Gasteiger partial charge in [0.1, 0.15) is 0 Å². The van der Waals surface area contributed by atoms with E-state index in [0.29, 0.717) is 0 Å². The first-order valence-corrected chi connectivity index (χ1v) is 11.7. The van der Waals surface area contributed by atoms with Crippen molar-refractivity contribution in [1.82, 2.24) is 0 Å². The third-order valence-corrected chi connectivity index (χ3v) is 0. The topological polar surface area (TPSA) is 345 Å². The number of hydrogen-bond donors (Lipinski definition) is 12. The first-order chi connectivity index (χ1) is 10.4. The van der Waals surface area contributed by atoms with Crippen molar-refractivity contribution in [2.75, 3.05) is 0 Å². The summed E-state index contributed by atoms with van der Waals surface area (Å²) in [6.45, 7) is 0. The smallest absolute Gasteiger partial charge is 1.00 e. The van der Waals surface area contributed by atoms with E-state index in [0.717, 1.165) is 0 Å². The fraction of sp³-hybridized carbons (Fsp3) is 0. The van der Waals surface area contributed by atoms with E-state index >= 15 is 0 Å². The van der Waals surface area contributed by atoms with E-state index in [1.54, 1.807) is 0 Å². The molecular formula is H13NaO18Si6. The van der Waals surface area contributed by atoms with Crippen LogP contribution >= 0.6 is 0 Å². The first-order valence-electron chi connectivity index (χ1n) is 3.91. The van der Waals surface area contributed by atoms with Crippen LogP contribution in [0.1, 0.15) is 1.43 Å². The minimum atomic E-state index is -3.13. The van der Waals surface area contributed by atoms with Crippen LogP contribution in [0.5, 0.6) is 0 Å². The van der Waals surface area contributed by atoms with Gasteiger partial charge < -0.3 is 59.0 Å². The third-order valence-electron chi connectivity index (χ3n) is 0. The maximum Gasteiger partial charge on any atom is 1.00 e. The third kappa shape index (κ3) is 5770. The molecule has 146 valence electrons. The van der Waals surface area contributed by atoms with Crippen molar-refractivity contribution < 1.29 is 115 Å². The molecule has 0 aliphatic rings. The summed E-state index contributed by atoms with van der Waals surface area (Å²) in [5.41, 5.74) is 0. The van der Waals surface area contributed by atoms with Gasteiger partial charge in [0.15, 0.2) is 0 Å². The summed E-state index contributed by atoms with van der Waals surface area (Å²) in [7, 11) is -18.8. The van der Waals surface area contributed by atoms with Crippen LogP contribution in [0, 0.1) is 0 Å². The van der Waals surface area contributed by atoms with Crippen molar-refractivity contribution in [2.45, 2.75) is 0 Å². The molecule has 0 rings (SSSR count). The molecule has 0 fully saturated rings. The van der Waals surface area contributed by atoms with Crippen molar-refractivity contribution in [3.8, 4) is 0 Å². The van der Waals surface area contributed by atoms with E-state index in [1.807, 2.05) is 0 Å². The van der Waals surface area contributed by atoms with E-state index < -0.39 is 55.0 Å². The van der Waals surface area contributed by atoms with Crippen LogP contribution in [0.25, 0.3) is 0 Å². The molecule has 0 unspecified atom stereocenters. The van der Waals surface area contributed by atoms with Crippen molar-refractivity contribution >= 4 is 55.0 Å². The van der Waals surface area contributed by atoms with Crippen LogP contribution in [0.2, 0.25) is 0 Å². The second-order valence-corrected chi connectivity index (χ2v) is 5.09. The first kappa shape index (κ1) is 43.8. The SMILES string of the molecule is O=[Si](O)O.O=[Si](O)O.O=[Si](O)O.O=[Si](O)O.O=[Si](O)O.O=[Si](O)O.[H-].[Na+]. The molecule has 0 aliphatic carbocycles. The zero-order valence-electron chi connectivity index (χ0n) is 12.8. The minimum Gasteiger partial charge on any atom is -1.00 e. The van der Waals surface area contributed by atoms with Gasteiger partial charge in [-0.15, -0.1) is 0 Å². The molecular weight excluding hydrogens is 479 g/mol. The Morgan fingerprint density at radius 1 is 0.320 bits per heavy atom. The van der Waals surface area contributed by atoms with Crippen LogP contribution in [0.3, 0.4) is 0 Å². The standard InChI is InChI=1S/Na.6H2O3Si.H/c;6*1-4(2)3;/h;6*1-2H;/q+1;;;;;;;-1. The molecule has 0 amide bonds.